The summed E-state index contributed by atoms with van der Waals surface area (Å²) in [6.07, 6.45) is 1.46. The molecule has 2 unspecified atom stereocenters. The van der Waals surface area contributed by atoms with Crippen LogP contribution in [-0.4, -0.2) is 23.4 Å². The summed E-state index contributed by atoms with van der Waals surface area (Å²) in [7, 11) is 0. The number of hydrogen-bond donors (Lipinski definition) is 1. The SMILES string of the molecule is Cc1cc2c(cc1C)C1C(N)CC(=O)N1CC2. The molecule has 1 aromatic carbocycles. The second kappa shape index (κ2) is 3.57. The van der Waals surface area contributed by atoms with Gasteiger partial charge in [0.15, 0.2) is 0 Å². The molecular weight excluding hydrogens is 212 g/mol. The average molecular weight is 230 g/mol. The van der Waals surface area contributed by atoms with Gasteiger partial charge < -0.3 is 10.6 Å². The normalized spacial score (nSPS) is 27.0. The van der Waals surface area contributed by atoms with Crippen LogP contribution in [0.5, 0.6) is 0 Å². The summed E-state index contributed by atoms with van der Waals surface area (Å²) in [5.41, 5.74) is 11.4. The van der Waals surface area contributed by atoms with E-state index in [1.54, 1.807) is 0 Å². The second-order valence-corrected chi connectivity index (χ2v) is 5.29. The van der Waals surface area contributed by atoms with Crippen LogP contribution in [0.1, 0.15) is 34.7 Å². The first kappa shape index (κ1) is 10.8. The highest BCUT2D eigenvalue weighted by Crippen LogP contribution is 2.38. The van der Waals surface area contributed by atoms with Crippen LogP contribution in [-0.2, 0) is 11.2 Å². The Morgan fingerprint density at radius 2 is 2.00 bits per heavy atom. The van der Waals surface area contributed by atoms with Crippen molar-refractivity contribution in [3.8, 4) is 0 Å². The van der Waals surface area contributed by atoms with E-state index in [0.717, 1.165) is 13.0 Å². The Morgan fingerprint density at radius 3 is 2.76 bits per heavy atom. The lowest BCUT2D eigenvalue weighted by Crippen LogP contribution is -2.38. The number of carbonyl (C=O) groups is 1. The van der Waals surface area contributed by atoms with Gasteiger partial charge in [0.1, 0.15) is 0 Å². The third-order valence-corrected chi connectivity index (χ3v) is 4.17. The average Bonchev–Trinajstić information content (AvgIpc) is 2.56. The second-order valence-electron chi connectivity index (χ2n) is 5.29. The van der Waals surface area contributed by atoms with Crippen molar-refractivity contribution in [2.45, 2.75) is 38.8 Å². The quantitative estimate of drug-likeness (QED) is 0.733. The molecule has 1 amide bonds. The van der Waals surface area contributed by atoms with Gasteiger partial charge in [-0.05, 0) is 42.5 Å². The van der Waals surface area contributed by atoms with E-state index in [0.29, 0.717) is 6.42 Å². The Morgan fingerprint density at radius 1 is 1.29 bits per heavy atom. The zero-order valence-electron chi connectivity index (χ0n) is 10.4. The molecule has 0 aliphatic carbocycles. The number of fused-ring (bicyclic) bond motifs is 3. The molecule has 0 aromatic heterocycles. The fourth-order valence-corrected chi connectivity index (χ4v) is 3.11. The van der Waals surface area contributed by atoms with Crippen LogP contribution in [0.2, 0.25) is 0 Å². The van der Waals surface area contributed by atoms with Crippen molar-refractivity contribution in [3.05, 3.63) is 34.4 Å². The van der Waals surface area contributed by atoms with Gasteiger partial charge in [-0.25, -0.2) is 0 Å². The number of amides is 1. The molecule has 2 aliphatic rings. The number of benzene rings is 1. The van der Waals surface area contributed by atoms with Gasteiger partial charge in [-0.3, -0.25) is 4.79 Å². The first-order valence-corrected chi connectivity index (χ1v) is 6.23. The largest absolute Gasteiger partial charge is 0.334 e. The van der Waals surface area contributed by atoms with E-state index in [1.807, 2.05) is 4.90 Å². The summed E-state index contributed by atoms with van der Waals surface area (Å²) < 4.78 is 0. The van der Waals surface area contributed by atoms with Gasteiger partial charge in [-0.15, -0.1) is 0 Å². The van der Waals surface area contributed by atoms with Gasteiger partial charge in [0.05, 0.1) is 6.04 Å². The van der Waals surface area contributed by atoms with Crippen LogP contribution in [0.25, 0.3) is 0 Å². The molecular formula is C14H18N2O. The summed E-state index contributed by atoms with van der Waals surface area (Å²) in [6.45, 7) is 5.09. The minimum absolute atomic E-state index is 0.0383. The summed E-state index contributed by atoms with van der Waals surface area (Å²) in [5.74, 6) is 0.214. The smallest absolute Gasteiger partial charge is 0.224 e. The van der Waals surface area contributed by atoms with Crippen molar-refractivity contribution in [1.29, 1.82) is 0 Å². The van der Waals surface area contributed by atoms with Crippen LogP contribution < -0.4 is 5.73 Å². The minimum atomic E-state index is -0.0383. The van der Waals surface area contributed by atoms with Crippen molar-refractivity contribution in [2.24, 2.45) is 5.73 Å². The summed E-state index contributed by atoms with van der Waals surface area (Å²) in [5, 5.41) is 0. The minimum Gasteiger partial charge on any atom is -0.334 e. The van der Waals surface area contributed by atoms with Crippen molar-refractivity contribution < 1.29 is 4.79 Å². The van der Waals surface area contributed by atoms with Crippen molar-refractivity contribution in [2.75, 3.05) is 6.54 Å². The molecule has 1 aromatic rings. The van der Waals surface area contributed by atoms with Gasteiger partial charge in [0, 0.05) is 19.0 Å². The van der Waals surface area contributed by atoms with E-state index in [-0.39, 0.29) is 18.0 Å². The monoisotopic (exact) mass is 230 g/mol. The molecule has 2 heterocycles. The van der Waals surface area contributed by atoms with Crippen LogP contribution in [0.15, 0.2) is 12.1 Å². The number of nitrogens with two attached hydrogens (primary N) is 1. The molecule has 17 heavy (non-hydrogen) atoms. The molecule has 2 atom stereocenters. The van der Waals surface area contributed by atoms with Crippen molar-refractivity contribution in [3.63, 3.8) is 0 Å². The Labute approximate surface area is 102 Å². The molecule has 90 valence electrons. The highest BCUT2D eigenvalue weighted by Gasteiger charge is 2.41. The molecule has 2 N–H and O–H groups in total. The number of rotatable bonds is 0. The Hall–Kier alpha value is -1.35. The molecule has 3 nitrogen and oxygen atoms in total. The third-order valence-electron chi connectivity index (χ3n) is 4.17. The maximum Gasteiger partial charge on any atom is 0.224 e. The van der Waals surface area contributed by atoms with Crippen LogP contribution in [0.4, 0.5) is 0 Å². The Kier molecular flexibility index (Phi) is 2.26. The molecule has 0 spiro atoms. The Balaban J connectivity index is 2.12. The van der Waals surface area contributed by atoms with Crippen LogP contribution in [0.3, 0.4) is 0 Å². The van der Waals surface area contributed by atoms with Crippen LogP contribution >= 0.6 is 0 Å². The van der Waals surface area contributed by atoms with Gasteiger partial charge >= 0.3 is 0 Å². The third kappa shape index (κ3) is 1.49. The molecule has 1 fully saturated rings. The predicted molar refractivity (Wildman–Crippen MR) is 66.7 cm³/mol. The maximum atomic E-state index is 11.8. The molecule has 2 aliphatic heterocycles. The molecule has 3 heteroatoms. The molecule has 0 saturated carbocycles. The maximum absolute atomic E-state index is 11.8. The number of aryl methyl sites for hydroxylation is 2. The standard InChI is InChI=1S/C14H18N2O/c1-8-5-10-3-4-16-13(17)7-12(15)14(16)11(10)6-9(8)2/h5-6,12,14H,3-4,7,15H2,1-2H3. The number of hydrogen-bond acceptors (Lipinski definition) is 2. The summed E-state index contributed by atoms with van der Waals surface area (Å²) in [6, 6.07) is 4.56. The molecule has 0 bridgehead atoms. The topological polar surface area (TPSA) is 46.3 Å². The number of nitrogens with zero attached hydrogens (tertiary/aromatic N) is 1. The highest BCUT2D eigenvalue weighted by molar-refractivity contribution is 5.81. The van der Waals surface area contributed by atoms with E-state index >= 15 is 0 Å². The van der Waals surface area contributed by atoms with Crippen LogP contribution in [0, 0.1) is 13.8 Å². The lowest BCUT2D eigenvalue weighted by Gasteiger charge is -2.34. The first-order chi connectivity index (χ1) is 8.08. The fourth-order valence-electron chi connectivity index (χ4n) is 3.11. The fraction of sp³-hybridized carbons (Fsp3) is 0.500. The molecule has 1 saturated heterocycles. The molecule has 0 radical (unpaired) electrons. The zero-order chi connectivity index (χ0) is 12.2. The van der Waals surface area contributed by atoms with Gasteiger partial charge in [0.25, 0.3) is 0 Å². The predicted octanol–water partition coefficient (Wildman–Crippen LogP) is 1.46. The van der Waals surface area contributed by atoms with Gasteiger partial charge in [0.2, 0.25) is 5.91 Å². The summed E-state index contributed by atoms with van der Waals surface area (Å²) in [4.78, 5) is 13.8. The lowest BCUT2D eigenvalue weighted by atomic mass is 9.88. The first-order valence-electron chi connectivity index (χ1n) is 6.23. The Bertz CT molecular complexity index is 495. The van der Waals surface area contributed by atoms with E-state index < -0.39 is 0 Å². The van der Waals surface area contributed by atoms with E-state index in [1.165, 1.54) is 22.3 Å². The lowest BCUT2D eigenvalue weighted by molar-refractivity contribution is -0.129. The van der Waals surface area contributed by atoms with Gasteiger partial charge in [-0.2, -0.15) is 0 Å². The van der Waals surface area contributed by atoms with Crippen molar-refractivity contribution >= 4 is 5.91 Å². The number of carbonyl (C=O) groups excluding carboxylic acids is 1. The van der Waals surface area contributed by atoms with E-state index in [4.69, 9.17) is 5.73 Å². The van der Waals surface area contributed by atoms with E-state index in [2.05, 4.69) is 26.0 Å². The highest BCUT2D eigenvalue weighted by atomic mass is 16.2. The summed E-state index contributed by atoms with van der Waals surface area (Å²) >= 11 is 0. The van der Waals surface area contributed by atoms with Crippen molar-refractivity contribution in [1.82, 2.24) is 4.90 Å². The molecule has 3 rings (SSSR count). The zero-order valence-corrected chi connectivity index (χ0v) is 10.4. The van der Waals surface area contributed by atoms with E-state index in [9.17, 15) is 4.79 Å². The van der Waals surface area contributed by atoms with Gasteiger partial charge in [-0.1, -0.05) is 12.1 Å².